The number of imide groups is 1. The van der Waals surface area contributed by atoms with E-state index in [0.29, 0.717) is 40.9 Å². The first kappa shape index (κ1) is 17.3. The number of aromatic nitrogens is 2. The highest BCUT2D eigenvalue weighted by Crippen LogP contribution is 2.44. The minimum Gasteiger partial charge on any atom is -0.336 e. The zero-order valence-electron chi connectivity index (χ0n) is 14.1. The molecule has 3 amide bonds. The maximum Gasteiger partial charge on any atom is 0.324 e. The van der Waals surface area contributed by atoms with Crippen molar-refractivity contribution in [2.75, 3.05) is 18.8 Å². The predicted octanol–water partition coefficient (Wildman–Crippen LogP) is 2.17. The first-order valence-electron chi connectivity index (χ1n) is 8.44. The number of hydrogen-bond donors (Lipinski definition) is 1. The van der Waals surface area contributed by atoms with Crippen molar-refractivity contribution in [2.24, 2.45) is 0 Å². The Hall–Kier alpha value is -2.13. The van der Waals surface area contributed by atoms with Gasteiger partial charge in [0.05, 0.1) is 11.1 Å². The lowest BCUT2D eigenvalue weighted by Crippen LogP contribution is -2.35. The van der Waals surface area contributed by atoms with E-state index in [-0.39, 0.29) is 23.3 Å². The summed E-state index contributed by atoms with van der Waals surface area (Å²) in [7, 11) is 0. The molecule has 1 saturated heterocycles. The second-order valence-corrected chi connectivity index (χ2v) is 8.11. The minimum absolute atomic E-state index is 0.0589. The molecule has 0 unspecified atom stereocenters. The maximum absolute atomic E-state index is 13.0. The van der Waals surface area contributed by atoms with E-state index >= 15 is 0 Å². The third-order valence-corrected chi connectivity index (χ3v) is 6.35. The van der Waals surface area contributed by atoms with Crippen LogP contribution < -0.4 is 10.9 Å². The Kier molecular flexibility index (Phi) is 4.58. The maximum atomic E-state index is 13.0. The molecular weight excluding hydrogens is 372 g/mol. The topological polar surface area (TPSA) is 84.3 Å². The molecule has 1 N–H and O–H groups in total. The van der Waals surface area contributed by atoms with E-state index in [2.05, 4.69) is 16.9 Å². The largest absolute Gasteiger partial charge is 0.336 e. The van der Waals surface area contributed by atoms with Crippen LogP contribution in [0.1, 0.15) is 24.3 Å². The summed E-state index contributed by atoms with van der Waals surface area (Å²) < 4.78 is 1.57. The van der Waals surface area contributed by atoms with Crippen molar-refractivity contribution >= 4 is 45.3 Å². The Morgan fingerprint density at radius 3 is 2.92 bits per heavy atom. The molecule has 2 aromatic rings. The monoisotopic (exact) mass is 390 g/mol. The van der Waals surface area contributed by atoms with E-state index in [1.807, 2.05) is 5.38 Å². The van der Waals surface area contributed by atoms with E-state index in [4.69, 9.17) is 0 Å². The van der Waals surface area contributed by atoms with Gasteiger partial charge in [0, 0.05) is 19.6 Å². The van der Waals surface area contributed by atoms with Gasteiger partial charge in [-0.05, 0) is 29.7 Å². The number of carbonyl (C=O) groups is 2. The lowest BCUT2D eigenvalue weighted by Gasteiger charge is -2.13. The molecule has 0 aromatic carbocycles. The summed E-state index contributed by atoms with van der Waals surface area (Å²) in [5.74, 6) is 0.252. The molecule has 4 rings (SSSR count). The number of carbonyl (C=O) groups excluding carboxylic acids is 2. The highest BCUT2D eigenvalue weighted by Gasteiger charge is 2.29. The number of hydrogen-bond acceptors (Lipinski definition) is 6. The summed E-state index contributed by atoms with van der Waals surface area (Å²) in [4.78, 5) is 43.4. The van der Waals surface area contributed by atoms with Crippen LogP contribution in [-0.4, -0.2) is 45.2 Å². The molecular formula is C17H18N4O3S2. The van der Waals surface area contributed by atoms with Crippen LogP contribution in [0, 0.1) is 0 Å². The Bertz CT molecular complexity index is 961. The van der Waals surface area contributed by atoms with Crippen LogP contribution in [0.4, 0.5) is 4.79 Å². The first-order valence-corrected chi connectivity index (χ1v) is 10.3. The molecule has 0 bridgehead atoms. The standard InChI is InChI=1S/C17H18N4O3S2/c1-2-6-21-15(23)13-11(10-3-4-10)8-25-14(13)19-17(21)26-9-12(22)20-7-5-18-16(20)24/h2,8,10H,1,3-7,9H2,(H,18,24). The van der Waals surface area contributed by atoms with E-state index in [9.17, 15) is 14.4 Å². The van der Waals surface area contributed by atoms with Crippen molar-refractivity contribution in [1.82, 2.24) is 19.8 Å². The van der Waals surface area contributed by atoms with Crippen LogP contribution in [0.5, 0.6) is 0 Å². The molecule has 136 valence electrons. The van der Waals surface area contributed by atoms with Crippen molar-refractivity contribution in [1.29, 1.82) is 0 Å². The summed E-state index contributed by atoms with van der Waals surface area (Å²) in [6.07, 6.45) is 3.89. The fourth-order valence-corrected chi connectivity index (χ4v) is 4.98. The number of nitrogens with one attached hydrogen (secondary N) is 1. The van der Waals surface area contributed by atoms with Crippen molar-refractivity contribution in [3.05, 3.63) is 34.0 Å². The van der Waals surface area contributed by atoms with E-state index in [1.165, 1.54) is 28.0 Å². The highest BCUT2D eigenvalue weighted by atomic mass is 32.2. The summed E-state index contributed by atoms with van der Waals surface area (Å²) in [5, 5.41) is 5.83. The number of nitrogens with zero attached hydrogens (tertiary/aromatic N) is 3. The Morgan fingerprint density at radius 2 is 2.27 bits per heavy atom. The summed E-state index contributed by atoms with van der Waals surface area (Å²) in [6, 6.07) is -0.366. The molecule has 26 heavy (non-hydrogen) atoms. The van der Waals surface area contributed by atoms with Crippen LogP contribution in [0.15, 0.2) is 28.0 Å². The molecule has 7 nitrogen and oxygen atoms in total. The van der Waals surface area contributed by atoms with E-state index in [1.54, 1.807) is 10.6 Å². The summed E-state index contributed by atoms with van der Waals surface area (Å²) in [5.41, 5.74) is 1.02. The lowest BCUT2D eigenvalue weighted by molar-refractivity contribution is -0.124. The van der Waals surface area contributed by atoms with Crippen molar-refractivity contribution in [3.8, 4) is 0 Å². The fourth-order valence-electron chi connectivity index (χ4n) is 3.04. The quantitative estimate of drug-likeness (QED) is 0.464. The molecule has 1 saturated carbocycles. The molecule has 3 heterocycles. The molecule has 0 atom stereocenters. The molecule has 0 radical (unpaired) electrons. The number of urea groups is 1. The number of rotatable bonds is 6. The van der Waals surface area contributed by atoms with Crippen molar-refractivity contribution in [3.63, 3.8) is 0 Å². The van der Waals surface area contributed by atoms with Crippen molar-refractivity contribution in [2.45, 2.75) is 30.5 Å². The Morgan fingerprint density at radius 1 is 1.46 bits per heavy atom. The molecule has 1 aliphatic carbocycles. The molecule has 9 heteroatoms. The zero-order valence-corrected chi connectivity index (χ0v) is 15.7. The number of thioether (sulfide) groups is 1. The summed E-state index contributed by atoms with van der Waals surface area (Å²) >= 11 is 2.66. The number of thiophene rings is 1. The lowest BCUT2D eigenvalue weighted by atomic mass is 10.1. The summed E-state index contributed by atoms with van der Waals surface area (Å²) in [6.45, 7) is 4.90. The van der Waals surface area contributed by atoms with Crippen molar-refractivity contribution < 1.29 is 9.59 Å². The number of amides is 3. The highest BCUT2D eigenvalue weighted by molar-refractivity contribution is 7.99. The fraction of sp³-hybridized carbons (Fsp3) is 0.412. The second kappa shape index (κ2) is 6.88. The van der Waals surface area contributed by atoms with Gasteiger partial charge in [-0.3, -0.25) is 19.1 Å². The van der Waals surface area contributed by atoms with Crippen LogP contribution in [-0.2, 0) is 11.3 Å². The smallest absolute Gasteiger partial charge is 0.324 e. The van der Waals surface area contributed by atoms with Crippen LogP contribution >= 0.6 is 23.1 Å². The third kappa shape index (κ3) is 3.05. The average Bonchev–Trinajstić information content (AvgIpc) is 3.24. The normalized spacial score (nSPS) is 16.9. The SMILES string of the molecule is C=CCn1c(SCC(=O)N2CCNC2=O)nc2scc(C3CC3)c2c1=O. The van der Waals surface area contributed by atoms with Crippen LogP contribution in [0.3, 0.4) is 0 Å². The van der Waals surface area contributed by atoms with Gasteiger partial charge in [0.2, 0.25) is 5.91 Å². The third-order valence-electron chi connectivity index (χ3n) is 4.50. The predicted molar refractivity (Wildman–Crippen MR) is 102 cm³/mol. The van der Waals surface area contributed by atoms with E-state index < -0.39 is 0 Å². The van der Waals surface area contributed by atoms with Gasteiger partial charge in [-0.1, -0.05) is 17.8 Å². The van der Waals surface area contributed by atoms with Gasteiger partial charge in [-0.2, -0.15) is 0 Å². The molecule has 2 aliphatic rings. The van der Waals surface area contributed by atoms with Gasteiger partial charge in [0.25, 0.3) is 5.56 Å². The molecule has 0 spiro atoms. The van der Waals surface area contributed by atoms with Crippen LogP contribution in [0.25, 0.3) is 10.2 Å². The number of allylic oxidation sites excluding steroid dienone is 1. The van der Waals surface area contributed by atoms with Gasteiger partial charge in [0.15, 0.2) is 5.16 Å². The molecule has 2 aromatic heterocycles. The molecule has 2 fully saturated rings. The van der Waals surface area contributed by atoms with Crippen LogP contribution in [0.2, 0.25) is 0 Å². The van der Waals surface area contributed by atoms with E-state index in [0.717, 1.165) is 18.4 Å². The zero-order chi connectivity index (χ0) is 18.3. The minimum atomic E-state index is -0.366. The molecule has 1 aliphatic heterocycles. The average molecular weight is 390 g/mol. The van der Waals surface area contributed by atoms with Gasteiger partial charge in [-0.15, -0.1) is 17.9 Å². The Balaban J connectivity index is 1.64. The van der Waals surface area contributed by atoms with Gasteiger partial charge in [-0.25, -0.2) is 9.78 Å². The first-order chi connectivity index (χ1) is 12.6. The van der Waals surface area contributed by atoms with Gasteiger partial charge in [0.1, 0.15) is 4.83 Å². The number of fused-ring (bicyclic) bond motifs is 1. The van der Waals surface area contributed by atoms with Gasteiger partial charge < -0.3 is 5.32 Å². The van der Waals surface area contributed by atoms with Gasteiger partial charge >= 0.3 is 6.03 Å². The Labute approximate surface area is 158 Å². The second-order valence-electron chi connectivity index (χ2n) is 6.31.